The number of likely N-dealkylation sites (tertiary alicyclic amines) is 1. The van der Waals surface area contributed by atoms with Crippen molar-refractivity contribution in [1.29, 1.82) is 0 Å². The first-order chi connectivity index (χ1) is 6.61. The normalized spacial score (nSPS) is 30.2. The molecule has 0 aromatic heterocycles. The molecule has 14 heavy (non-hydrogen) atoms. The largest absolute Gasteiger partial charge is 0.393 e. The molecule has 2 fully saturated rings. The van der Waals surface area contributed by atoms with Crippen molar-refractivity contribution >= 4 is 0 Å². The summed E-state index contributed by atoms with van der Waals surface area (Å²) in [5.74, 6) is 0. The van der Waals surface area contributed by atoms with Gasteiger partial charge in [0.1, 0.15) is 0 Å². The van der Waals surface area contributed by atoms with Gasteiger partial charge in [0, 0.05) is 19.1 Å². The van der Waals surface area contributed by atoms with Crippen LogP contribution in [-0.2, 0) is 0 Å². The molecule has 1 aliphatic heterocycles. The maximum atomic E-state index is 9.32. The maximum Gasteiger partial charge on any atom is 0.0526 e. The predicted octanol–water partition coefficient (Wildman–Crippen LogP) is 2.02. The molecule has 0 aromatic rings. The highest BCUT2D eigenvalue weighted by atomic mass is 16.3. The van der Waals surface area contributed by atoms with Gasteiger partial charge >= 0.3 is 0 Å². The second-order valence-electron chi connectivity index (χ2n) is 5.55. The SMILES string of the molecule is CC(O)CC(C)N1CC2(CCCC2)C1. The van der Waals surface area contributed by atoms with Crippen LogP contribution in [0, 0.1) is 5.41 Å². The van der Waals surface area contributed by atoms with Crippen molar-refractivity contribution in [2.24, 2.45) is 5.41 Å². The lowest BCUT2D eigenvalue weighted by Gasteiger charge is -2.51. The zero-order valence-corrected chi connectivity index (χ0v) is 9.50. The number of rotatable bonds is 3. The van der Waals surface area contributed by atoms with Crippen LogP contribution in [0.25, 0.3) is 0 Å². The van der Waals surface area contributed by atoms with E-state index in [4.69, 9.17) is 0 Å². The fourth-order valence-corrected chi connectivity index (χ4v) is 3.21. The molecule has 0 bridgehead atoms. The molecular formula is C12H23NO. The van der Waals surface area contributed by atoms with Crippen LogP contribution < -0.4 is 0 Å². The molecule has 0 radical (unpaired) electrons. The summed E-state index contributed by atoms with van der Waals surface area (Å²) in [5.41, 5.74) is 0.701. The molecule has 0 aromatic carbocycles. The van der Waals surface area contributed by atoms with Gasteiger partial charge in [-0.15, -0.1) is 0 Å². The van der Waals surface area contributed by atoms with E-state index < -0.39 is 0 Å². The molecule has 2 rings (SSSR count). The lowest BCUT2D eigenvalue weighted by molar-refractivity contribution is -0.0332. The summed E-state index contributed by atoms with van der Waals surface area (Å²) in [7, 11) is 0. The van der Waals surface area contributed by atoms with Crippen LogP contribution in [0.1, 0.15) is 46.0 Å². The van der Waals surface area contributed by atoms with Crippen molar-refractivity contribution < 1.29 is 5.11 Å². The van der Waals surface area contributed by atoms with Gasteiger partial charge in [-0.25, -0.2) is 0 Å². The Kier molecular flexibility index (Phi) is 2.85. The third kappa shape index (κ3) is 1.96. The fraction of sp³-hybridized carbons (Fsp3) is 1.00. The van der Waals surface area contributed by atoms with Gasteiger partial charge < -0.3 is 5.11 Å². The average Bonchev–Trinajstić information content (AvgIpc) is 2.47. The van der Waals surface area contributed by atoms with Crippen LogP contribution in [0.2, 0.25) is 0 Å². The number of hydrogen-bond donors (Lipinski definition) is 1. The molecule has 0 amide bonds. The first-order valence-corrected chi connectivity index (χ1v) is 6.03. The Morgan fingerprint density at radius 2 is 1.79 bits per heavy atom. The second kappa shape index (κ2) is 3.82. The topological polar surface area (TPSA) is 23.5 Å². The molecule has 1 spiro atoms. The first-order valence-electron chi connectivity index (χ1n) is 6.03. The highest BCUT2D eigenvalue weighted by Crippen LogP contribution is 2.46. The van der Waals surface area contributed by atoms with Crippen LogP contribution in [0.5, 0.6) is 0 Å². The van der Waals surface area contributed by atoms with E-state index in [1.165, 1.54) is 38.8 Å². The van der Waals surface area contributed by atoms with Gasteiger partial charge in [0.15, 0.2) is 0 Å². The Morgan fingerprint density at radius 3 is 2.29 bits per heavy atom. The van der Waals surface area contributed by atoms with Gasteiger partial charge in [-0.05, 0) is 38.5 Å². The Labute approximate surface area is 87.3 Å². The van der Waals surface area contributed by atoms with Crippen molar-refractivity contribution in [3.8, 4) is 0 Å². The molecule has 2 unspecified atom stereocenters. The quantitative estimate of drug-likeness (QED) is 0.748. The van der Waals surface area contributed by atoms with Crippen LogP contribution in [0.3, 0.4) is 0 Å². The van der Waals surface area contributed by atoms with E-state index >= 15 is 0 Å². The summed E-state index contributed by atoms with van der Waals surface area (Å²) in [4.78, 5) is 2.54. The van der Waals surface area contributed by atoms with Crippen molar-refractivity contribution in [2.75, 3.05) is 13.1 Å². The Morgan fingerprint density at radius 1 is 1.21 bits per heavy atom. The lowest BCUT2D eigenvalue weighted by Crippen LogP contribution is -2.58. The van der Waals surface area contributed by atoms with E-state index in [1.807, 2.05) is 6.92 Å². The Bertz CT molecular complexity index is 188. The molecule has 2 atom stereocenters. The smallest absolute Gasteiger partial charge is 0.0526 e. The minimum absolute atomic E-state index is 0.148. The van der Waals surface area contributed by atoms with Gasteiger partial charge in [-0.1, -0.05) is 12.8 Å². The van der Waals surface area contributed by atoms with E-state index in [1.54, 1.807) is 0 Å². The standard InChI is InChI=1S/C12H23NO/c1-10(7-11(2)14)13-8-12(9-13)5-3-4-6-12/h10-11,14H,3-9H2,1-2H3. The molecule has 2 heteroatoms. The molecule has 2 aliphatic rings. The van der Waals surface area contributed by atoms with Crippen molar-refractivity contribution in [2.45, 2.75) is 58.1 Å². The van der Waals surface area contributed by atoms with Crippen molar-refractivity contribution in [3.05, 3.63) is 0 Å². The van der Waals surface area contributed by atoms with E-state index in [-0.39, 0.29) is 6.10 Å². The predicted molar refractivity (Wildman–Crippen MR) is 58.2 cm³/mol. The Hall–Kier alpha value is -0.0800. The van der Waals surface area contributed by atoms with E-state index in [2.05, 4.69) is 11.8 Å². The molecule has 1 heterocycles. The third-order valence-corrected chi connectivity index (χ3v) is 4.05. The summed E-state index contributed by atoms with van der Waals surface area (Å²) in [6.07, 6.45) is 6.56. The zero-order valence-electron chi connectivity index (χ0n) is 9.50. The van der Waals surface area contributed by atoms with Gasteiger partial charge in [0.25, 0.3) is 0 Å². The van der Waals surface area contributed by atoms with E-state index in [0.717, 1.165) is 6.42 Å². The van der Waals surface area contributed by atoms with E-state index in [0.29, 0.717) is 11.5 Å². The summed E-state index contributed by atoms with van der Waals surface area (Å²) in [6, 6.07) is 0.571. The lowest BCUT2D eigenvalue weighted by atomic mass is 9.77. The monoisotopic (exact) mass is 197 g/mol. The molecule has 1 saturated carbocycles. The van der Waals surface area contributed by atoms with Gasteiger partial charge in [0.2, 0.25) is 0 Å². The summed E-state index contributed by atoms with van der Waals surface area (Å²) in [6.45, 7) is 6.72. The maximum absolute atomic E-state index is 9.32. The molecule has 1 saturated heterocycles. The van der Waals surface area contributed by atoms with Crippen molar-refractivity contribution in [3.63, 3.8) is 0 Å². The van der Waals surface area contributed by atoms with Gasteiger partial charge in [-0.2, -0.15) is 0 Å². The van der Waals surface area contributed by atoms with Crippen molar-refractivity contribution in [1.82, 2.24) is 4.90 Å². The summed E-state index contributed by atoms with van der Waals surface area (Å²) >= 11 is 0. The fourth-order valence-electron chi connectivity index (χ4n) is 3.21. The first kappa shape index (κ1) is 10.4. The molecule has 1 N–H and O–H groups in total. The molecule has 2 nitrogen and oxygen atoms in total. The second-order valence-corrected chi connectivity index (χ2v) is 5.55. The molecule has 82 valence electrons. The minimum Gasteiger partial charge on any atom is -0.393 e. The molecule has 1 aliphatic carbocycles. The summed E-state index contributed by atoms with van der Waals surface area (Å²) in [5, 5.41) is 9.32. The van der Waals surface area contributed by atoms with Crippen LogP contribution >= 0.6 is 0 Å². The minimum atomic E-state index is -0.148. The number of aliphatic hydroxyl groups is 1. The Balaban J connectivity index is 1.76. The van der Waals surface area contributed by atoms with E-state index in [9.17, 15) is 5.11 Å². The number of hydrogen-bond acceptors (Lipinski definition) is 2. The molecular weight excluding hydrogens is 174 g/mol. The zero-order chi connectivity index (χ0) is 10.2. The highest BCUT2D eigenvalue weighted by molar-refractivity contribution is 4.99. The van der Waals surface area contributed by atoms with Crippen LogP contribution in [-0.4, -0.2) is 35.2 Å². The van der Waals surface area contributed by atoms with Crippen LogP contribution in [0.15, 0.2) is 0 Å². The van der Waals surface area contributed by atoms with Gasteiger partial charge in [0.05, 0.1) is 6.10 Å². The number of nitrogens with zero attached hydrogens (tertiary/aromatic N) is 1. The third-order valence-electron chi connectivity index (χ3n) is 4.05. The number of aliphatic hydroxyl groups excluding tert-OH is 1. The van der Waals surface area contributed by atoms with Gasteiger partial charge in [-0.3, -0.25) is 4.90 Å². The highest BCUT2D eigenvalue weighted by Gasteiger charge is 2.45. The average molecular weight is 197 g/mol. The van der Waals surface area contributed by atoms with Crippen LogP contribution in [0.4, 0.5) is 0 Å². The summed E-state index contributed by atoms with van der Waals surface area (Å²) < 4.78 is 0.